The van der Waals surface area contributed by atoms with Gasteiger partial charge in [-0.15, -0.1) is 0 Å². The third kappa shape index (κ3) is 2.62. The average molecular weight is 222 g/mol. The number of nitrogens with one attached hydrogen (secondary N) is 1. The predicted molar refractivity (Wildman–Crippen MR) is 64.5 cm³/mol. The van der Waals surface area contributed by atoms with Crippen molar-refractivity contribution in [1.29, 1.82) is 0 Å². The Morgan fingerprint density at radius 1 is 1.38 bits per heavy atom. The number of nitrogens with zero attached hydrogens (tertiary/aromatic N) is 2. The van der Waals surface area contributed by atoms with Crippen molar-refractivity contribution in [2.24, 2.45) is 18.8 Å². The van der Waals surface area contributed by atoms with Crippen molar-refractivity contribution in [2.45, 2.75) is 44.6 Å². The first kappa shape index (κ1) is 11.6. The summed E-state index contributed by atoms with van der Waals surface area (Å²) in [7, 11) is 1.95. The zero-order valence-corrected chi connectivity index (χ0v) is 10.0. The van der Waals surface area contributed by atoms with E-state index in [4.69, 9.17) is 5.84 Å². The van der Waals surface area contributed by atoms with Gasteiger partial charge in [0, 0.05) is 13.2 Å². The highest BCUT2D eigenvalue weighted by Crippen LogP contribution is 2.32. The number of hydrazine groups is 1. The molecule has 1 aromatic heterocycles. The molecule has 16 heavy (non-hydrogen) atoms. The minimum absolute atomic E-state index is 0.222. The minimum Gasteiger partial charge on any atom is -0.275 e. The largest absolute Gasteiger partial charge is 0.275 e. The second-order valence-corrected chi connectivity index (χ2v) is 4.81. The third-order valence-corrected chi connectivity index (χ3v) is 3.60. The molecule has 0 spiro atoms. The Bertz CT molecular complexity index is 313. The molecule has 0 aromatic carbocycles. The van der Waals surface area contributed by atoms with E-state index in [9.17, 15) is 0 Å². The van der Waals surface area contributed by atoms with Crippen LogP contribution in [0.15, 0.2) is 12.3 Å². The van der Waals surface area contributed by atoms with Crippen LogP contribution in [0, 0.1) is 5.92 Å². The molecule has 0 aliphatic heterocycles. The smallest absolute Gasteiger partial charge is 0.0810 e. The van der Waals surface area contributed by atoms with Gasteiger partial charge in [-0.1, -0.05) is 25.7 Å². The second-order valence-electron chi connectivity index (χ2n) is 4.81. The van der Waals surface area contributed by atoms with Crippen LogP contribution < -0.4 is 11.3 Å². The molecule has 90 valence electrons. The molecule has 1 saturated carbocycles. The van der Waals surface area contributed by atoms with Crippen LogP contribution in [0.5, 0.6) is 0 Å². The number of rotatable bonds is 3. The van der Waals surface area contributed by atoms with Crippen LogP contribution in [-0.2, 0) is 7.05 Å². The summed E-state index contributed by atoms with van der Waals surface area (Å²) in [4.78, 5) is 0. The van der Waals surface area contributed by atoms with Gasteiger partial charge < -0.3 is 0 Å². The first-order chi connectivity index (χ1) is 7.81. The summed E-state index contributed by atoms with van der Waals surface area (Å²) < 4.78 is 1.84. The van der Waals surface area contributed by atoms with Gasteiger partial charge in [0.1, 0.15) is 0 Å². The van der Waals surface area contributed by atoms with Crippen molar-refractivity contribution >= 4 is 0 Å². The SMILES string of the molecule is Cn1ccc(C(NN)C2CCCCCC2)n1. The number of aryl methyl sites for hydroxylation is 1. The normalized spacial score (nSPS) is 20.6. The van der Waals surface area contributed by atoms with Crippen LogP contribution in [0.2, 0.25) is 0 Å². The van der Waals surface area contributed by atoms with Gasteiger partial charge in [-0.25, -0.2) is 0 Å². The molecule has 1 fully saturated rings. The lowest BCUT2D eigenvalue weighted by atomic mass is 9.90. The first-order valence-electron chi connectivity index (χ1n) is 6.27. The van der Waals surface area contributed by atoms with E-state index in [1.54, 1.807) is 0 Å². The Hall–Kier alpha value is -0.870. The van der Waals surface area contributed by atoms with Crippen molar-refractivity contribution in [2.75, 3.05) is 0 Å². The maximum atomic E-state index is 5.70. The lowest BCUT2D eigenvalue weighted by molar-refractivity contribution is 0.322. The molecule has 4 heteroatoms. The molecule has 1 unspecified atom stereocenters. The summed E-state index contributed by atoms with van der Waals surface area (Å²) in [5.41, 5.74) is 4.03. The Labute approximate surface area is 97.2 Å². The van der Waals surface area contributed by atoms with Crippen LogP contribution in [0.3, 0.4) is 0 Å². The van der Waals surface area contributed by atoms with Crippen LogP contribution in [0.25, 0.3) is 0 Å². The molecule has 0 amide bonds. The Morgan fingerprint density at radius 2 is 2.06 bits per heavy atom. The zero-order chi connectivity index (χ0) is 11.4. The van der Waals surface area contributed by atoms with Crippen molar-refractivity contribution in [1.82, 2.24) is 15.2 Å². The summed E-state index contributed by atoms with van der Waals surface area (Å²) >= 11 is 0. The summed E-state index contributed by atoms with van der Waals surface area (Å²) in [6, 6.07) is 2.29. The standard InChI is InChI=1S/C12H22N4/c1-16-9-8-11(15-16)12(14-13)10-6-4-2-3-5-7-10/h8-10,12,14H,2-7,13H2,1H3. The molecular weight excluding hydrogens is 200 g/mol. The second kappa shape index (κ2) is 5.46. The van der Waals surface area contributed by atoms with E-state index in [1.165, 1.54) is 38.5 Å². The summed E-state index contributed by atoms with van der Waals surface area (Å²) in [5, 5.41) is 4.46. The molecule has 4 nitrogen and oxygen atoms in total. The fraction of sp³-hybridized carbons (Fsp3) is 0.750. The quantitative estimate of drug-likeness (QED) is 0.466. The van der Waals surface area contributed by atoms with Crippen molar-refractivity contribution in [3.63, 3.8) is 0 Å². The Morgan fingerprint density at radius 3 is 2.56 bits per heavy atom. The monoisotopic (exact) mass is 222 g/mol. The molecule has 1 heterocycles. The highest BCUT2D eigenvalue weighted by atomic mass is 15.3. The van der Waals surface area contributed by atoms with Gasteiger partial charge in [0.05, 0.1) is 11.7 Å². The van der Waals surface area contributed by atoms with E-state index in [1.807, 2.05) is 17.9 Å². The van der Waals surface area contributed by atoms with E-state index < -0.39 is 0 Å². The lowest BCUT2D eigenvalue weighted by Crippen LogP contribution is -2.34. The van der Waals surface area contributed by atoms with Crippen molar-refractivity contribution in [3.8, 4) is 0 Å². The number of aromatic nitrogens is 2. The molecule has 1 atom stereocenters. The lowest BCUT2D eigenvalue weighted by Gasteiger charge is -2.23. The topological polar surface area (TPSA) is 55.9 Å². The van der Waals surface area contributed by atoms with Crippen LogP contribution in [-0.4, -0.2) is 9.78 Å². The van der Waals surface area contributed by atoms with Gasteiger partial charge in [0.25, 0.3) is 0 Å². The van der Waals surface area contributed by atoms with E-state index in [2.05, 4.69) is 16.6 Å². The van der Waals surface area contributed by atoms with Crippen LogP contribution in [0.4, 0.5) is 0 Å². The molecule has 1 aromatic rings. The van der Waals surface area contributed by atoms with Gasteiger partial charge in [-0.05, 0) is 24.8 Å². The Kier molecular flexibility index (Phi) is 3.96. The van der Waals surface area contributed by atoms with E-state index in [0.717, 1.165) is 5.69 Å². The summed E-state index contributed by atoms with van der Waals surface area (Å²) in [6.07, 6.45) is 9.92. The predicted octanol–water partition coefficient (Wildman–Crippen LogP) is 1.89. The molecule has 0 saturated heterocycles. The van der Waals surface area contributed by atoms with Crippen molar-refractivity contribution in [3.05, 3.63) is 18.0 Å². The average Bonchev–Trinajstić information content (AvgIpc) is 2.55. The van der Waals surface area contributed by atoms with Gasteiger partial charge in [-0.3, -0.25) is 16.0 Å². The van der Waals surface area contributed by atoms with Gasteiger partial charge in [0.2, 0.25) is 0 Å². The van der Waals surface area contributed by atoms with Crippen LogP contribution in [0.1, 0.15) is 50.3 Å². The highest BCUT2D eigenvalue weighted by Gasteiger charge is 2.24. The van der Waals surface area contributed by atoms with Gasteiger partial charge >= 0.3 is 0 Å². The molecule has 2 rings (SSSR count). The van der Waals surface area contributed by atoms with Gasteiger partial charge in [-0.2, -0.15) is 5.10 Å². The molecular formula is C12H22N4. The number of hydrogen-bond acceptors (Lipinski definition) is 3. The number of nitrogens with two attached hydrogens (primary N) is 1. The first-order valence-corrected chi connectivity index (χ1v) is 6.27. The maximum Gasteiger partial charge on any atom is 0.0810 e. The number of hydrogen-bond donors (Lipinski definition) is 2. The fourth-order valence-corrected chi connectivity index (χ4v) is 2.71. The van der Waals surface area contributed by atoms with E-state index in [-0.39, 0.29) is 6.04 Å². The Balaban J connectivity index is 2.08. The minimum atomic E-state index is 0.222. The van der Waals surface area contributed by atoms with E-state index in [0.29, 0.717) is 5.92 Å². The highest BCUT2D eigenvalue weighted by molar-refractivity contribution is 5.06. The summed E-state index contributed by atoms with van der Waals surface area (Å²) in [5.74, 6) is 6.34. The van der Waals surface area contributed by atoms with Gasteiger partial charge in [0.15, 0.2) is 0 Å². The molecule has 3 N–H and O–H groups in total. The maximum absolute atomic E-state index is 5.70. The molecule has 0 bridgehead atoms. The van der Waals surface area contributed by atoms with Crippen molar-refractivity contribution < 1.29 is 0 Å². The molecule has 1 aliphatic carbocycles. The fourth-order valence-electron chi connectivity index (χ4n) is 2.71. The molecule has 0 radical (unpaired) electrons. The van der Waals surface area contributed by atoms with Crippen LogP contribution >= 0.6 is 0 Å². The third-order valence-electron chi connectivity index (χ3n) is 3.60. The zero-order valence-electron chi connectivity index (χ0n) is 10.0. The summed E-state index contributed by atoms with van der Waals surface area (Å²) in [6.45, 7) is 0. The molecule has 1 aliphatic rings. The van der Waals surface area contributed by atoms with E-state index >= 15 is 0 Å².